The Morgan fingerprint density at radius 3 is 2.84 bits per heavy atom. The number of hydrogen-bond donors (Lipinski definition) is 3. The molecular weight excluding hydrogens is 314 g/mol. The van der Waals surface area contributed by atoms with Gasteiger partial charge in [-0.2, -0.15) is 0 Å². The molecule has 5 heteroatoms. The molecule has 0 bridgehead atoms. The van der Waals surface area contributed by atoms with E-state index in [2.05, 4.69) is 34.6 Å². The third-order valence-corrected chi connectivity index (χ3v) is 5.56. The topological polar surface area (TPSA) is 64.6 Å². The molecule has 0 radical (unpaired) electrons. The molecule has 1 aromatic rings. The summed E-state index contributed by atoms with van der Waals surface area (Å²) in [5, 5.41) is 15.7. The second kappa shape index (κ2) is 8.79. The standard InChI is InChI=1S/C20H31N3O2/c1-15-11-18(5-8-21-15)20(25)22-19-4-2-3-17(12-19)13-23-9-6-16(14-24)7-10-23/h2-4,12,15-16,18,21,24H,5-11,13-14H2,1H3,(H,22,25)/t15-,18-/m0/s1. The highest BCUT2D eigenvalue weighted by Crippen LogP contribution is 2.21. The summed E-state index contributed by atoms with van der Waals surface area (Å²) in [7, 11) is 0. The molecule has 2 fully saturated rings. The predicted octanol–water partition coefficient (Wildman–Crippen LogP) is 2.22. The molecule has 0 unspecified atom stereocenters. The molecule has 2 saturated heterocycles. The molecule has 5 nitrogen and oxygen atoms in total. The molecule has 1 aromatic carbocycles. The number of piperidine rings is 2. The van der Waals surface area contributed by atoms with Crippen molar-refractivity contribution < 1.29 is 9.90 Å². The van der Waals surface area contributed by atoms with Gasteiger partial charge in [-0.3, -0.25) is 9.69 Å². The summed E-state index contributed by atoms with van der Waals surface area (Å²) >= 11 is 0. The summed E-state index contributed by atoms with van der Waals surface area (Å²) in [6.45, 7) is 6.35. The maximum atomic E-state index is 12.5. The lowest BCUT2D eigenvalue weighted by Gasteiger charge is -2.31. The lowest BCUT2D eigenvalue weighted by molar-refractivity contribution is -0.120. The van der Waals surface area contributed by atoms with E-state index in [0.29, 0.717) is 18.6 Å². The summed E-state index contributed by atoms with van der Waals surface area (Å²) < 4.78 is 0. The third-order valence-electron chi connectivity index (χ3n) is 5.56. The molecule has 25 heavy (non-hydrogen) atoms. The number of aliphatic hydroxyl groups is 1. The van der Waals surface area contributed by atoms with E-state index in [-0.39, 0.29) is 11.8 Å². The van der Waals surface area contributed by atoms with Crippen LogP contribution in [0.15, 0.2) is 24.3 Å². The number of carbonyl (C=O) groups is 1. The number of rotatable bonds is 5. The van der Waals surface area contributed by atoms with Crippen molar-refractivity contribution in [3.05, 3.63) is 29.8 Å². The lowest BCUT2D eigenvalue weighted by atomic mass is 9.92. The summed E-state index contributed by atoms with van der Waals surface area (Å²) in [5.41, 5.74) is 2.14. The molecule has 0 spiro atoms. The maximum Gasteiger partial charge on any atom is 0.227 e. The molecule has 2 aliphatic rings. The van der Waals surface area contributed by atoms with Gasteiger partial charge in [0.2, 0.25) is 5.91 Å². The minimum absolute atomic E-state index is 0.109. The van der Waals surface area contributed by atoms with Crippen LogP contribution in [0, 0.1) is 11.8 Å². The first-order valence-corrected chi connectivity index (χ1v) is 9.60. The Balaban J connectivity index is 1.53. The Hall–Kier alpha value is -1.43. The van der Waals surface area contributed by atoms with E-state index in [1.54, 1.807) is 0 Å². The van der Waals surface area contributed by atoms with Gasteiger partial charge >= 0.3 is 0 Å². The largest absolute Gasteiger partial charge is 0.396 e. The van der Waals surface area contributed by atoms with E-state index in [4.69, 9.17) is 0 Å². The van der Waals surface area contributed by atoms with E-state index in [1.807, 2.05) is 12.1 Å². The van der Waals surface area contributed by atoms with Crippen LogP contribution < -0.4 is 10.6 Å². The number of anilines is 1. The fraction of sp³-hybridized carbons (Fsp3) is 0.650. The van der Waals surface area contributed by atoms with Crippen LogP contribution in [0.2, 0.25) is 0 Å². The zero-order valence-electron chi connectivity index (χ0n) is 15.2. The quantitative estimate of drug-likeness (QED) is 0.766. The van der Waals surface area contributed by atoms with Crippen LogP contribution in [-0.4, -0.2) is 48.2 Å². The summed E-state index contributed by atoms with van der Waals surface area (Å²) in [6.07, 6.45) is 3.96. The number of aliphatic hydroxyl groups excluding tert-OH is 1. The number of amides is 1. The molecule has 0 aliphatic carbocycles. The van der Waals surface area contributed by atoms with Gasteiger partial charge in [0.15, 0.2) is 0 Å². The number of nitrogens with one attached hydrogen (secondary N) is 2. The Bertz CT molecular complexity index is 570. The predicted molar refractivity (Wildman–Crippen MR) is 100 cm³/mol. The highest BCUT2D eigenvalue weighted by Gasteiger charge is 2.24. The molecule has 2 aliphatic heterocycles. The van der Waals surface area contributed by atoms with Gasteiger partial charge in [0.25, 0.3) is 0 Å². The minimum atomic E-state index is 0.109. The maximum absolute atomic E-state index is 12.5. The molecule has 2 heterocycles. The molecule has 1 amide bonds. The molecule has 138 valence electrons. The van der Waals surface area contributed by atoms with E-state index >= 15 is 0 Å². The Morgan fingerprint density at radius 1 is 1.32 bits per heavy atom. The van der Waals surface area contributed by atoms with E-state index in [9.17, 15) is 9.90 Å². The van der Waals surface area contributed by atoms with Crippen LogP contribution in [-0.2, 0) is 11.3 Å². The highest BCUT2D eigenvalue weighted by atomic mass is 16.3. The number of carbonyl (C=O) groups excluding carboxylic acids is 1. The van der Waals surface area contributed by atoms with Crippen molar-refractivity contribution in [1.29, 1.82) is 0 Å². The minimum Gasteiger partial charge on any atom is -0.396 e. The normalized spacial score (nSPS) is 25.7. The van der Waals surface area contributed by atoms with Crippen LogP contribution in [0.4, 0.5) is 5.69 Å². The Kier molecular flexibility index (Phi) is 6.45. The van der Waals surface area contributed by atoms with Gasteiger partial charge in [0, 0.05) is 30.8 Å². The van der Waals surface area contributed by atoms with Crippen molar-refractivity contribution >= 4 is 11.6 Å². The molecule has 0 aromatic heterocycles. The van der Waals surface area contributed by atoms with Gasteiger partial charge in [0.1, 0.15) is 0 Å². The first-order valence-electron chi connectivity index (χ1n) is 9.60. The molecule has 0 saturated carbocycles. The van der Waals surface area contributed by atoms with Gasteiger partial charge in [-0.25, -0.2) is 0 Å². The monoisotopic (exact) mass is 345 g/mol. The lowest BCUT2D eigenvalue weighted by Crippen LogP contribution is -2.40. The summed E-state index contributed by atoms with van der Waals surface area (Å²) in [6, 6.07) is 8.64. The van der Waals surface area contributed by atoms with Crippen molar-refractivity contribution in [2.45, 2.75) is 45.2 Å². The number of benzene rings is 1. The van der Waals surface area contributed by atoms with Crippen LogP contribution in [0.3, 0.4) is 0 Å². The van der Waals surface area contributed by atoms with Crippen molar-refractivity contribution in [3.63, 3.8) is 0 Å². The molecule has 3 N–H and O–H groups in total. The van der Waals surface area contributed by atoms with Crippen molar-refractivity contribution in [1.82, 2.24) is 10.2 Å². The van der Waals surface area contributed by atoms with Gasteiger partial charge in [0.05, 0.1) is 0 Å². The Labute approximate surface area is 150 Å². The fourth-order valence-corrected chi connectivity index (χ4v) is 3.95. The number of hydrogen-bond acceptors (Lipinski definition) is 4. The second-order valence-corrected chi connectivity index (χ2v) is 7.67. The van der Waals surface area contributed by atoms with Gasteiger partial charge in [-0.15, -0.1) is 0 Å². The average Bonchev–Trinajstić information content (AvgIpc) is 2.63. The first-order chi connectivity index (χ1) is 12.1. The highest BCUT2D eigenvalue weighted by molar-refractivity contribution is 5.92. The second-order valence-electron chi connectivity index (χ2n) is 7.67. The molecular formula is C20H31N3O2. The van der Waals surface area contributed by atoms with Crippen LogP contribution in [0.25, 0.3) is 0 Å². The number of likely N-dealkylation sites (tertiary alicyclic amines) is 1. The Morgan fingerprint density at radius 2 is 2.12 bits per heavy atom. The SMILES string of the molecule is C[C@H]1C[C@@H](C(=O)Nc2cccc(CN3CCC(CO)CC3)c2)CCN1. The van der Waals surface area contributed by atoms with E-state index < -0.39 is 0 Å². The first kappa shape index (κ1) is 18.4. The zero-order valence-corrected chi connectivity index (χ0v) is 15.2. The van der Waals surface area contributed by atoms with E-state index in [0.717, 1.165) is 57.5 Å². The van der Waals surface area contributed by atoms with Gasteiger partial charge < -0.3 is 15.7 Å². The van der Waals surface area contributed by atoms with Crippen LogP contribution >= 0.6 is 0 Å². The van der Waals surface area contributed by atoms with Gasteiger partial charge in [-0.1, -0.05) is 12.1 Å². The molecule has 2 atom stereocenters. The van der Waals surface area contributed by atoms with E-state index in [1.165, 1.54) is 5.56 Å². The third kappa shape index (κ3) is 5.27. The van der Waals surface area contributed by atoms with Crippen molar-refractivity contribution in [2.75, 3.05) is 31.6 Å². The summed E-state index contributed by atoms with van der Waals surface area (Å²) in [4.78, 5) is 14.9. The van der Waals surface area contributed by atoms with Gasteiger partial charge in [-0.05, 0) is 75.9 Å². The average molecular weight is 345 g/mol. The van der Waals surface area contributed by atoms with Crippen molar-refractivity contribution in [3.8, 4) is 0 Å². The smallest absolute Gasteiger partial charge is 0.227 e. The van der Waals surface area contributed by atoms with Crippen LogP contribution in [0.1, 0.15) is 38.2 Å². The van der Waals surface area contributed by atoms with Crippen molar-refractivity contribution in [2.24, 2.45) is 11.8 Å². The molecule has 3 rings (SSSR count). The fourth-order valence-electron chi connectivity index (χ4n) is 3.95. The number of nitrogens with zero attached hydrogens (tertiary/aromatic N) is 1. The summed E-state index contributed by atoms with van der Waals surface area (Å²) in [5.74, 6) is 0.723. The zero-order chi connectivity index (χ0) is 17.6. The van der Waals surface area contributed by atoms with Crippen LogP contribution in [0.5, 0.6) is 0 Å².